The van der Waals surface area contributed by atoms with Crippen LogP contribution in [-0.2, 0) is 12.8 Å². The molecule has 0 bridgehead atoms. The number of amides is 1. The van der Waals surface area contributed by atoms with Gasteiger partial charge in [-0.05, 0) is 74.5 Å². The number of anilines is 2. The summed E-state index contributed by atoms with van der Waals surface area (Å²) < 4.78 is 23.0. The van der Waals surface area contributed by atoms with Gasteiger partial charge < -0.3 is 21.1 Å². The van der Waals surface area contributed by atoms with Crippen LogP contribution < -0.4 is 20.3 Å². The first kappa shape index (κ1) is 34.0. The number of hydrogen-bond donors (Lipinski definition) is 6. The first-order chi connectivity index (χ1) is 19.8. The zero-order valence-corrected chi connectivity index (χ0v) is 26.2. The Morgan fingerprint density at radius 2 is 1.79 bits per heavy atom. The summed E-state index contributed by atoms with van der Waals surface area (Å²) in [5.74, 6) is -0.0232. The maximum atomic E-state index is 13.6. The topological polar surface area (TPSA) is 117 Å². The fourth-order valence-electron chi connectivity index (χ4n) is 5.02. The summed E-state index contributed by atoms with van der Waals surface area (Å²) in [5, 5.41) is 21.5. The van der Waals surface area contributed by atoms with Crippen LogP contribution in [0.25, 0.3) is 0 Å². The van der Waals surface area contributed by atoms with Crippen molar-refractivity contribution in [3.63, 3.8) is 0 Å². The van der Waals surface area contributed by atoms with Crippen molar-refractivity contribution in [1.82, 2.24) is 10.6 Å². The summed E-state index contributed by atoms with van der Waals surface area (Å²) in [7, 11) is -2.95. The Kier molecular flexibility index (Phi) is 13.3. The van der Waals surface area contributed by atoms with E-state index >= 15 is 0 Å². The molecule has 1 saturated heterocycles. The third-order valence-electron chi connectivity index (χ3n) is 7.19. The van der Waals surface area contributed by atoms with Crippen molar-refractivity contribution in [2.75, 3.05) is 41.6 Å². The Balaban J connectivity index is 0.00000484. The molecule has 0 radical (unpaired) electrons. The van der Waals surface area contributed by atoms with E-state index in [0.29, 0.717) is 54.6 Å². The zero-order chi connectivity index (χ0) is 29.2. The first-order valence-electron chi connectivity index (χ1n) is 14.2. The summed E-state index contributed by atoms with van der Waals surface area (Å²) in [4.78, 5) is 13.6. The third-order valence-corrected chi connectivity index (χ3v) is 9.50. The number of benzene rings is 3. The molecule has 8 nitrogen and oxygen atoms in total. The summed E-state index contributed by atoms with van der Waals surface area (Å²) in [6.07, 6.45) is 1.92. The zero-order valence-electron chi connectivity index (χ0n) is 23.8. The molecule has 11 heteroatoms. The standard InChI is InChI=1S/C31H41ClN4O4S.ClH/c1-2-34-26-19-25(20-27(21-26)36-16-8-9-17-41(36,39)40)31(38)35-29(18-23-10-4-3-5-11-23)30(37)22-33-15-14-24-12-6-7-13-28(24)32;/h3-7,10-13,19-21,29-30,33-34,37,39-40H,2,8-9,14-18,22H2,1H3,(H,35,38);1H/t29-,30-;/m0./s1. The van der Waals surface area contributed by atoms with E-state index in [1.54, 1.807) is 16.4 Å². The second kappa shape index (κ2) is 16.4. The average molecular weight is 638 g/mol. The van der Waals surface area contributed by atoms with Gasteiger partial charge >= 0.3 is 0 Å². The van der Waals surface area contributed by atoms with Gasteiger partial charge in [-0.3, -0.25) is 18.2 Å². The number of nitrogens with zero attached hydrogens (tertiary/aromatic N) is 1. The van der Waals surface area contributed by atoms with Crippen LogP contribution in [0.4, 0.5) is 11.4 Å². The molecule has 4 rings (SSSR count). The molecule has 2 atom stereocenters. The fraction of sp³-hybridized carbons (Fsp3) is 0.387. The Bertz CT molecular complexity index is 1280. The predicted molar refractivity (Wildman–Crippen MR) is 178 cm³/mol. The molecule has 1 heterocycles. The Morgan fingerprint density at radius 1 is 1.05 bits per heavy atom. The van der Waals surface area contributed by atoms with Crippen molar-refractivity contribution in [3.05, 3.63) is 94.5 Å². The van der Waals surface area contributed by atoms with E-state index in [2.05, 4.69) is 16.0 Å². The van der Waals surface area contributed by atoms with Crippen LogP contribution in [0.3, 0.4) is 0 Å². The van der Waals surface area contributed by atoms with Crippen molar-refractivity contribution >= 4 is 52.1 Å². The molecular formula is C31H42Cl2N4O4S. The highest BCUT2D eigenvalue weighted by atomic mass is 35.5. The molecule has 1 fully saturated rings. The van der Waals surface area contributed by atoms with Crippen molar-refractivity contribution in [2.24, 2.45) is 0 Å². The number of nitrogens with one attached hydrogen (secondary N) is 3. The largest absolute Gasteiger partial charge is 0.390 e. The van der Waals surface area contributed by atoms with Crippen molar-refractivity contribution in [3.8, 4) is 0 Å². The van der Waals surface area contributed by atoms with E-state index in [1.807, 2.05) is 67.6 Å². The molecule has 3 aromatic carbocycles. The van der Waals surface area contributed by atoms with Gasteiger partial charge in [-0.2, -0.15) is 0 Å². The second-order valence-electron chi connectivity index (χ2n) is 10.3. The van der Waals surface area contributed by atoms with Crippen LogP contribution in [0, 0.1) is 0 Å². The molecule has 42 heavy (non-hydrogen) atoms. The van der Waals surface area contributed by atoms with Gasteiger partial charge in [0, 0.05) is 35.9 Å². The maximum absolute atomic E-state index is 13.6. The lowest BCUT2D eigenvalue weighted by molar-refractivity contribution is 0.0831. The number of carbonyl (C=O) groups excluding carboxylic acids is 1. The minimum absolute atomic E-state index is 0. The SMILES string of the molecule is CCNc1cc(C(=O)N[C@@H](Cc2ccccc2)[C@@H](O)CNCCc2ccccc2Cl)cc(N2CCCCS2(O)O)c1.Cl. The molecule has 230 valence electrons. The summed E-state index contributed by atoms with van der Waals surface area (Å²) in [6.45, 7) is 4.04. The predicted octanol–water partition coefficient (Wildman–Crippen LogP) is 5.99. The lowest BCUT2D eigenvalue weighted by Crippen LogP contribution is -2.49. The van der Waals surface area contributed by atoms with Gasteiger partial charge in [-0.15, -0.1) is 23.2 Å². The molecule has 1 aliphatic heterocycles. The van der Waals surface area contributed by atoms with E-state index in [9.17, 15) is 19.0 Å². The normalized spacial score (nSPS) is 16.5. The van der Waals surface area contributed by atoms with Crippen molar-refractivity contribution < 1.29 is 19.0 Å². The quantitative estimate of drug-likeness (QED) is 0.128. The van der Waals surface area contributed by atoms with E-state index in [4.69, 9.17) is 11.6 Å². The summed E-state index contributed by atoms with van der Waals surface area (Å²) >= 11 is 6.27. The number of carbonyl (C=O) groups is 1. The van der Waals surface area contributed by atoms with Crippen molar-refractivity contribution in [1.29, 1.82) is 0 Å². The minimum atomic E-state index is -2.95. The molecule has 1 aliphatic rings. The van der Waals surface area contributed by atoms with E-state index < -0.39 is 22.9 Å². The minimum Gasteiger partial charge on any atom is -0.390 e. The Labute approximate surface area is 261 Å². The highest BCUT2D eigenvalue weighted by molar-refractivity contribution is 8.25. The van der Waals surface area contributed by atoms with Gasteiger partial charge in [-0.25, -0.2) is 0 Å². The molecule has 0 unspecified atom stereocenters. The van der Waals surface area contributed by atoms with Crippen LogP contribution in [0.15, 0.2) is 72.8 Å². The number of aliphatic hydroxyl groups excluding tert-OH is 1. The van der Waals surface area contributed by atoms with Gasteiger partial charge in [0.2, 0.25) is 0 Å². The van der Waals surface area contributed by atoms with E-state index in [1.165, 1.54) is 0 Å². The molecule has 6 N–H and O–H groups in total. The lowest BCUT2D eigenvalue weighted by atomic mass is 10.00. The molecular weight excluding hydrogens is 595 g/mol. The highest BCUT2D eigenvalue weighted by Crippen LogP contribution is 2.50. The van der Waals surface area contributed by atoms with Gasteiger partial charge in [0.1, 0.15) is 0 Å². The number of aliphatic hydroxyl groups is 1. The molecule has 0 spiro atoms. The van der Waals surface area contributed by atoms with Gasteiger partial charge in [0.05, 0.1) is 23.6 Å². The van der Waals surface area contributed by atoms with Crippen LogP contribution >= 0.6 is 34.8 Å². The van der Waals surface area contributed by atoms with Gasteiger partial charge in [0.25, 0.3) is 5.91 Å². The summed E-state index contributed by atoms with van der Waals surface area (Å²) in [5.41, 5.74) is 3.73. The molecule has 0 aliphatic carbocycles. The van der Waals surface area contributed by atoms with Crippen LogP contribution in [0.2, 0.25) is 5.02 Å². The van der Waals surface area contributed by atoms with Crippen molar-refractivity contribution in [2.45, 2.75) is 44.8 Å². The summed E-state index contributed by atoms with van der Waals surface area (Å²) in [6, 6.07) is 22.2. The monoisotopic (exact) mass is 636 g/mol. The highest BCUT2D eigenvalue weighted by Gasteiger charge is 2.28. The van der Waals surface area contributed by atoms with Crippen LogP contribution in [0.1, 0.15) is 41.3 Å². The Morgan fingerprint density at radius 3 is 2.50 bits per heavy atom. The molecule has 0 aromatic heterocycles. The van der Waals surface area contributed by atoms with E-state index in [-0.39, 0.29) is 18.3 Å². The average Bonchev–Trinajstić information content (AvgIpc) is 2.96. The number of halogens is 2. The van der Waals surface area contributed by atoms with Gasteiger partial charge in [0.15, 0.2) is 0 Å². The fourth-order valence-corrected chi connectivity index (χ4v) is 6.92. The maximum Gasteiger partial charge on any atom is 0.251 e. The molecule has 3 aromatic rings. The van der Waals surface area contributed by atoms with E-state index in [0.717, 1.165) is 36.1 Å². The lowest BCUT2D eigenvalue weighted by Gasteiger charge is -2.47. The van der Waals surface area contributed by atoms with Crippen LogP contribution in [0.5, 0.6) is 0 Å². The molecule has 0 saturated carbocycles. The van der Waals surface area contributed by atoms with Crippen LogP contribution in [-0.4, -0.2) is 64.2 Å². The Hall–Kier alpha value is -2.50. The number of rotatable bonds is 13. The first-order valence-corrected chi connectivity index (χ1v) is 16.2. The van der Waals surface area contributed by atoms with Gasteiger partial charge in [-0.1, -0.05) is 60.1 Å². The molecule has 1 amide bonds. The second-order valence-corrected chi connectivity index (χ2v) is 12.8. The number of hydrogen-bond acceptors (Lipinski definition) is 7. The third kappa shape index (κ3) is 9.50. The smallest absolute Gasteiger partial charge is 0.251 e.